The van der Waals surface area contributed by atoms with Crippen molar-refractivity contribution >= 4 is 10.0 Å². The molecule has 0 saturated heterocycles. The van der Waals surface area contributed by atoms with Gasteiger partial charge in [0.2, 0.25) is 10.0 Å². The van der Waals surface area contributed by atoms with Crippen LogP contribution in [-0.2, 0) is 10.0 Å². The first-order valence-electron chi connectivity index (χ1n) is 7.30. The van der Waals surface area contributed by atoms with Crippen LogP contribution in [0.25, 0.3) is 0 Å². The summed E-state index contributed by atoms with van der Waals surface area (Å²) in [6.07, 6.45) is 1.81. The van der Waals surface area contributed by atoms with Gasteiger partial charge >= 0.3 is 0 Å². The number of rotatable bonds is 6. The Morgan fingerprint density at radius 3 is 2.43 bits per heavy atom. The number of hydrogen-bond donors (Lipinski definition) is 1. The molecule has 21 heavy (non-hydrogen) atoms. The second kappa shape index (κ2) is 6.66. The highest BCUT2D eigenvalue weighted by atomic mass is 32.2. The molecule has 1 aromatic rings. The molecule has 0 bridgehead atoms. The second-order valence-corrected chi connectivity index (χ2v) is 7.51. The molecule has 1 atom stereocenters. The summed E-state index contributed by atoms with van der Waals surface area (Å²) in [5.74, 6) is 1.64. The molecule has 2 rings (SSSR count). The highest BCUT2D eigenvalue weighted by Crippen LogP contribution is 2.32. The summed E-state index contributed by atoms with van der Waals surface area (Å²) in [6, 6.07) is 4.62. The zero-order chi connectivity index (χ0) is 15.5. The maximum atomic E-state index is 12.4. The summed E-state index contributed by atoms with van der Waals surface area (Å²) in [6.45, 7) is 7.07. The van der Waals surface area contributed by atoms with Crippen molar-refractivity contribution in [3.63, 3.8) is 0 Å². The van der Waals surface area contributed by atoms with E-state index >= 15 is 0 Å². The van der Waals surface area contributed by atoms with Gasteiger partial charge in [-0.25, -0.2) is 13.1 Å². The molecule has 0 aromatic heterocycles. The maximum Gasteiger partial charge on any atom is 0.240 e. The van der Waals surface area contributed by atoms with Crippen LogP contribution < -0.4 is 14.2 Å². The summed E-state index contributed by atoms with van der Waals surface area (Å²) in [5.41, 5.74) is 0. The van der Waals surface area contributed by atoms with Crippen LogP contribution in [0.1, 0.15) is 33.6 Å². The fraction of sp³-hybridized carbons (Fsp3) is 0.600. The first-order chi connectivity index (χ1) is 9.88. The minimum atomic E-state index is -3.53. The van der Waals surface area contributed by atoms with Crippen molar-refractivity contribution in [3.05, 3.63) is 18.2 Å². The Balaban J connectivity index is 2.08. The summed E-state index contributed by atoms with van der Waals surface area (Å²) >= 11 is 0. The molecular weight excluding hydrogens is 290 g/mol. The van der Waals surface area contributed by atoms with Crippen molar-refractivity contribution in [2.75, 3.05) is 13.2 Å². The molecule has 0 amide bonds. The Morgan fingerprint density at radius 2 is 1.76 bits per heavy atom. The number of sulfonamides is 1. The SMILES string of the molecule is CC(C)CC[C@@H](C)NS(=O)(=O)c1ccc2c(c1)OCCO2. The van der Waals surface area contributed by atoms with Gasteiger partial charge < -0.3 is 9.47 Å². The molecule has 1 N–H and O–H groups in total. The molecule has 1 aliphatic rings. The number of benzene rings is 1. The van der Waals surface area contributed by atoms with Crippen LogP contribution in [-0.4, -0.2) is 27.7 Å². The molecule has 0 radical (unpaired) electrons. The Kier molecular flexibility index (Phi) is 5.11. The molecule has 0 aliphatic carbocycles. The number of hydrogen-bond acceptors (Lipinski definition) is 4. The van der Waals surface area contributed by atoms with Gasteiger partial charge in [0, 0.05) is 12.1 Å². The molecule has 6 heteroatoms. The van der Waals surface area contributed by atoms with E-state index in [2.05, 4.69) is 18.6 Å². The number of fused-ring (bicyclic) bond motifs is 1. The Labute approximate surface area is 126 Å². The zero-order valence-corrected chi connectivity index (χ0v) is 13.6. The zero-order valence-electron chi connectivity index (χ0n) is 12.8. The van der Waals surface area contributed by atoms with Gasteiger partial charge in [0.25, 0.3) is 0 Å². The standard InChI is InChI=1S/C15H23NO4S/c1-11(2)4-5-12(3)16-21(17,18)13-6-7-14-15(10-13)20-9-8-19-14/h6-7,10-12,16H,4-5,8-9H2,1-3H3/t12-/m1/s1. The highest BCUT2D eigenvalue weighted by molar-refractivity contribution is 7.89. The first kappa shape index (κ1) is 16.1. The van der Waals surface area contributed by atoms with Crippen LogP contribution in [0.3, 0.4) is 0 Å². The number of ether oxygens (including phenoxy) is 2. The highest BCUT2D eigenvalue weighted by Gasteiger charge is 2.21. The van der Waals surface area contributed by atoms with Crippen molar-refractivity contribution in [3.8, 4) is 11.5 Å². The van der Waals surface area contributed by atoms with Crippen molar-refractivity contribution in [2.45, 2.75) is 44.6 Å². The second-order valence-electron chi connectivity index (χ2n) is 5.80. The average Bonchev–Trinajstić information content (AvgIpc) is 2.44. The van der Waals surface area contributed by atoms with Crippen molar-refractivity contribution in [1.82, 2.24) is 4.72 Å². The molecule has 0 unspecified atom stereocenters. The lowest BCUT2D eigenvalue weighted by molar-refractivity contribution is 0.171. The van der Waals surface area contributed by atoms with Crippen LogP contribution in [0, 0.1) is 5.92 Å². The Bertz CT molecular complexity index is 583. The van der Waals surface area contributed by atoms with E-state index in [4.69, 9.17) is 9.47 Å². The third-order valence-corrected chi connectivity index (χ3v) is 4.94. The average molecular weight is 313 g/mol. The van der Waals surface area contributed by atoms with E-state index in [9.17, 15) is 8.42 Å². The molecular formula is C15H23NO4S. The van der Waals surface area contributed by atoms with E-state index in [0.717, 1.165) is 12.8 Å². The van der Waals surface area contributed by atoms with E-state index in [1.165, 1.54) is 6.07 Å². The summed E-state index contributed by atoms with van der Waals surface area (Å²) < 4.78 is 38.3. The summed E-state index contributed by atoms with van der Waals surface area (Å²) in [7, 11) is -3.53. The van der Waals surface area contributed by atoms with Gasteiger partial charge in [-0.05, 0) is 37.8 Å². The van der Waals surface area contributed by atoms with Crippen LogP contribution >= 0.6 is 0 Å². The fourth-order valence-corrected chi connectivity index (χ4v) is 3.46. The van der Waals surface area contributed by atoms with Crippen LogP contribution in [0.4, 0.5) is 0 Å². The van der Waals surface area contributed by atoms with Crippen LogP contribution in [0.2, 0.25) is 0 Å². The third-order valence-electron chi connectivity index (χ3n) is 3.36. The molecule has 5 nitrogen and oxygen atoms in total. The monoisotopic (exact) mass is 313 g/mol. The molecule has 1 aliphatic heterocycles. The van der Waals surface area contributed by atoms with E-state index in [1.807, 2.05) is 6.92 Å². The van der Waals surface area contributed by atoms with Gasteiger partial charge in [-0.3, -0.25) is 0 Å². The predicted octanol–water partition coefficient (Wildman–Crippen LogP) is 2.56. The normalized spacial score (nSPS) is 16.0. The van der Waals surface area contributed by atoms with Crippen molar-refractivity contribution in [2.24, 2.45) is 5.92 Å². The van der Waals surface area contributed by atoms with E-state index < -0.39 is 10.0 Å². The van der Waals surface area contributed by atoms with Gasteiger partial charge in [-0.1, -0.05) is 13.8 Å². The number of nitrogens with one attached hydrogen (secondary N) is 1. The lowest BCUT2D eigenvalue weighted by atomic mass is 10.1. The lowest BCUT2D eigenvalue weighted by Crippen LogP contribution is -2.32. The van der Waals surface area contributed by atoms with E-state index in [0.29, 0.717) is 30.6 Å². The van der Waals surface area contributed by atoms with Crippen LogP contribution in [0.5, 0.6) is 11.5 Å². The fourth-order valence-electron chi connectivity index (χ4n) is 2.17. The van der Waals surface area contributed by atoms with Crippen molar-refractivity contribution in [1.29, 1.82) is 0 Å². The summed E-state index contributed by atoms with van der Waals surface area (Å²) in [5, 5.41) is 0. The Morgan fingerprint density at radius 1 is 1.10 bits per heavy atom. The lowest BCUT2D eigenvalue weighted by Gasteiger charge is -2.20. The largest absolute Gasteiger partial charge is 0.486 e. The molecule has 1 aromatic carbocycles. The predicted molar refractivity (Wildman–Crippen MR) is 81.3 cm³/mol. The molecule has 1 heterocycles. The first-order valence-corrected chi connectivity index (χ1v) is 8.79. The topological polar surface area (TPSA) is 64.6 Å². The smallest absolute Gasteiger partial charge is 0.240 e. The maximum absolute atomic E-state index is 12.4. The third kappa shape index (κ3) is 4.35. The quantitative estimate of drug-likeness (QED) is 0.876. The minimum Gasteiger partial charge on any atom is -0.486 e. The Hall–Kier alpha value is -1.27. The molecule has 118 valence electrons. The summed E-state index contributed by atoms with van der Waals surface area (Å²) in [4.78, 5) is 0.211. The molecule has 0 fully saturated rings. The van der Waals surface area contributed by atoms with Crippen LogP contribution in [0.15, 0.2) is 23.1 Å². The van der Waals surface area contributed by atoms with Gasteiger partial charge in [-0.2, -0.15) is 0 Å². The van der Waals surface area contributed by atoms with Gasteiger partial charge in [0.1, 0.15) is 13.2 Å². The molecule has 0 spiro atoms. The van der Waals surface area contributed by atoms with E-state index in [-0.39, 0.29) is 10.9 Å². The van der Waals surface area contributed by atoms with Gasteiger partial charge in [0.15, 0.2) is 11.5 Å². The van der Waals surface area contributed by atoms with Gasteiger partial charge in [0.05, 0.1) is 4.90 Å². The van der Waals surface area contributed by atoms with Crippen molar-refractivity contribution < 1.29 is 17.9 Å². The molecule has 0 saturated carbocycles. The minimum absolute atomic E-state index is 0.0920. The van der Waals surface area contributed by atoms with E-state index in [1.54, 1.807) is 12.1 Å². The van der Waals surface area contributed by atoms with Gasteiger partial charge in [-0.15, -0.1) is 0 Å².